The maximum atomic E-state index is 12.3. The van der Waals surface area contributed by atoms with Crippen LogP contribution in [0.2, 0.25) is 15.1 Å². The van der Waals surface area contributed by atoms with Crippen LogP contribution in [0.15, 0.2) is 36.4 Å². The van der Waals surface area contributed by atoms with E-state index in [9.17, 15) is 4.79 Å². The number of anilines is 1. The number of nitrogens with two attached hydrogens (primary N) is 1. The molecule has 2 aromatic carbocycles. The normalized spacial score (nSPS) is 17.2. The van der Waals surface area contributed by atoms with Crippen LogP contribution < -0.4 is 10.6 Å². The van der Waals surface area contributed by atoms with E-state index in [-0.39, 0.29) is 5.91 Å². The molecule has 21 heavy (non-hydrogen) atoms. The summed E-state index contributed by atoms with van der Waals surface area (Å²) in [7, 11) is 0. The number of carbonyl (C=O) groups is 1. The third-order valence-corrected chi connectivity index (χ3v) is 4.45. The van der Waals surface area contributed by atoms with Gasteiger partial charge in [-0.15, -0.1) is 0 Å². The Labute approximate surface area is 137 Å². The highest BCUT2D eigenvalue weighted by molar-refractivity contribution is 6.42. The van der Waals surface area contributed by atoms with Gasteiger partial charge in [-0.1, -0.05) is 40.9 Å². The Morgan fingerprint density at radius 1 is 1.05 bits per heavy atom. The molecule has 2 N–H and O–H groups in total. The van der Waals surface area contributed by atoms with E-state index in [0.717, 1.165) is 16.8 Å². The topological polar surface area (TPSA) is 46.3 Å². The monoisotopic (exact) mass is 340 g/mol. The highest BCUT2D eigenvalue weighted by Gasteiger charge is 2.34. The fraction of sp³-hybridized carbons (Fsp3) is 0.133. The van der Waals surface area contributed by atoms with Crippen molar-refractivity contribution < 1.29 is 4.79 Å². The summed E-state index contributed by atoms with van der Waals surface area (Å²) in [4.78, 5) is 14.0. The van der Waals surface area contributed by atoms with Crippen molar-refractivity contribution in [1.29, 1.82) is 0 Å². The molecular formula is C15H11Cl3N2O. The zero-order valence-electron chi connectivity index (χ0n) is 10.8. The number of hydrogen-bond donors (Lipinski definition) is 1. The molecule has 0 bridgehead atoms. The largest absolute Gasteiger partial charge is 0.316 e. The van der Waals surface area contributed by atoms with Crippen molar-refractivity contribution in [2.24, 2.45) is 5.73 Å². The Balaban J connectivity index is 1.96. The summed E-state index contributed by atoms with van der Waals surface area (Å²) in [5, 5.41) is 1.51. The summed E-state index contributed by atoms with van der Waals surface area (Å²) in [6, 6.07) is 9.89. The van der Waals surface area contributed by atoms with Gasteiger partial charge in [-0.3, -0.25) is 4.79 Å². The Morgan fingerprint density at radius 3 is 2.52 bits per heavy atom. The van der Waals surface area contributed by atoms with Crippen molar-refractivity contribution in [1.82, 2.24) is 0 Å². The molecule has 108 valence electrons. The molecule has 1 amide bonds. The highest BCUT2D eigenvalue weighted by atomic mass is 35.5. The molecule has 1 aliphatic heterocycles. The zero-order valence-corrected chi connectivity index (χ0v) is 13.1. The van der Waals surface area contributed by atoms with E-state index in [4.69, 9.17) is 40.5 Å². The summed E-state index contributed by atoms with van der Waals surface area (Å²) in [6.07, 6.45) is 0. The summed E-state index contributed by atoms with van der Waals surface area (Å²) < 4.78 is 0. The standard InChI is InChI=1S/C15H11Cl3N2O/c16-9-2-4-13-10(6-9)14(19)15(21)20(13)7-8-1-3-11(17)12(18)5-8/h1-6,14H,7,19H2/t14-/m1/s1. The van der Waals surface area contributed by atoms with Crippen LogP contribution in [-0.4, -0.2) is 5.91 Å². The quantitative estimate of drug-likeness (QED) is 0.890. The van der Waals surface area contributed by atoms with Gasteiger partial charge in [0.2, 0.25) is 5.91 Å². The Bertz CT molecular complexity index is 733. The fourth-order valence-corrected chi connectivity index (χ4v) is 2.92. The second-order valence-corrected chi connectivity index (χ2v) is 6.10. The molecule has 0 fully saturated rings. The number of amides is 1. The van der Waals surface area contributed by atoms with E-state index in [1.807, 2.05) is 6.07 Å². The van der Waals surface area contributed by atoms with Crippen molar-refractivity contribution in [2.75, 3.05) is 4.90 Å². The van der Waals surface area contributed by atoms with Crippen LogP contribution in [0, 0.1) is 0 Å². The number of nitrogens with zero attached hydrogens (tertiary/aromatic N) is 1. The van der Waals surface area contributed by atoms with Gasteiger partial charge in [0.25, 0.3) is 0 Å². The van der Waals surface area contributed by atoms with Gasteiger partial charge in [0.15, 0.2) is 0 Å². The van der Waals surface area contributed by atoms with Crippen LogP contribution in [0.5, 0.6) is 0 Å². The second kappa shape index (κ2) is 5.50. The van der Waals surface area contributed by atoms with Crippen molar-refractivity contribution in [3.8, 4) is 0 Å². The third kappa shape index (κ3) is 2.62. The molecule has 6 heteroatoms. The minimum absolute atomic E-state index is 0.154. The lowest BCUT2D eigenvalue weighted by molar-refractivity contribution is -0.119. The average molecular weight is 342 g/mol. The molecule has 2 aromatic rings. The molecule has 1 heterocycles. The minimum Gasteiger partial charge on any atom is -0.316 e. The van der Waals surface area contributed by atoms with E-state index in [0.29, 0.717) is 21.6 Å². The van der Waals surface area contributed by atoms with Crippen LogP contribution in [0.4, 0.5) is 5.69 Å². The molecule has 0 unspecified atom stereocenters. The third-order valence-electron chi connectivity index (χ3n) is 3.47. The molecule has 0 aromatic heterocycles. The first-order valence-corrected chi connectivity index (χ1v) is 7.41. The number of benzene rings is 2. The van der Waals surface area contributed by atoms with E-state index < -0.39 is 6.04 Å². The van der Waals surface area contributed by atoms with Crippen molar-refractivity contribution in [3.63, 3.8) is 0 Å². The maximum absolute atomic E-state index is 12.3. The van der Waals surface area contributed by atoms with Crippen LogP contribution in [0.25, 0.3) is 0 Å². The predicted molar refractivity (Wildman–Crippen MR) is 86.0 cm³/mol. The molecule has 0 saturated carbocycles. The second-order valence-electron chi connectivity index (χ2n) is 4.85. The van der Waals surface area contributed by atoms with Gasteiger partial charge in [0.05, 0.1) is 16.6 Å². The number of carbonyl (C=O) groups excluding carboxylic acids is 1. The lowest BCUT2D eigenvalue weighted by atomic mass is 10.1. The van der Waals surface area contributed by atoms with Crippen molar-refractivity contribution in [2.45, 2.75) is 12.6 Å². The van der Waals surface area contributed by atoms with Gasteiger partial charge in [-0.25, -0.2) is 0 Å². The Hall–Kier alpha value is -1.26. The van der Waals surface area contributed by atoms with E-state index >= 15 is 0 Å². The minimum atomic E-state index is -0.679. The fourth-order valence-electron chi connectivity index (χ4n) is 2.42. The number of rotatable bonds is 2. The molecule has 0 aliphatic carbocycles. The summed E-state index contributed by atoms with van der Waals surface area (Å²) in [5.74, 6) is -0.154. The van der Waals surface area contributed by atoms with Gasteiger partial charge in [0.1, 0.15) is 6.04 Å². The summed E-state index contributed by atoms with van der Waals surface area (Å²) >= 11 is 17.9. The number of fused-ring (bicyclic) bond motifs is 1. The van der Waals surface area contributed by atoms with E-state index in [1.165, 1.54) is 0 Å². The SMILES string of the molecule is N[C@H]1C(=O)N(Cc2ccc(Cl)c(Cl)c2)c2ccc(Cl)cc21. The van der Waals surface area contributed by atoms with Crippen molar-refractivity contribution >= 4 is 46.4 Å². The predicted octanol–water partition coefficient (Wildman–Crippen LogP) is 4.19. The van der Waals surface area contributed by atoms with Gasteiger partial charge < -0.3 is 10.6 Å². The Kier molecular flexibility index (Phi) is 3.84. The van der Waals surface area contributed by atoms with Gasteiger partial charge in [-0.2, -0.15) is 0 Å². The molecule has 0 radical (unpaired) electrons. The molecule has 0 saturated heterocycles. The number of hydrogen-bond acceptors (Lipinski definition) is 2. The zero-order chi connectivity index (χ0) is 15.1. The lowest BCUT2D eigenvalue weighted by Crippen LogP contribution is -2.31. The van der Waals surface area contributed by atoms with Gasteiger partial charge in [0, 0.05) is 16.3 Å². The molecule has 3 rings (SSSR count). The molecule has 1 aliphatic rings. The number of halogens is 3. The van der Waals surface area contributed by atoms with Crippen LogP contribution >= 0.6 is 34.8 Å². The smallest absolute Gasteiger partial charge is 0.248 e. The van der Waals surface area contributed by atoms with Crippen LogP contribution in [0.1, 0.15) is 17.2 Å². The first kappa shape index (κ1) is 14.7. The molecule has 1 atom stereocenters. The van der Waals surface area contributed by atoms with Gasteiger partial charge >= 0.3 is 0 Å². The molecule has 0 spiro atoms. The highest BCUT2D eigenvalue weighted by Crippen LogP contribution is 2.37. The summed E-state index contributed by atoms with van der Waals surface area (Å²) in [6.45, 7) is 0.387. The van der Waals surface area contributed by atoms with Crippen LogP contribution in [-0.2, 0) is 11.3 Å². The lowest BCUT2D eigenvalue weighted by Gasteiger charge is -2.18. The first-order valence-electron chi connectivity index (χ1n) is 6.27. The van der Waals surface area contributed by atoms with Crippen LogP contribution in [0.3, 0.4) is 0 Å². The summed E-state index contributed by atoms with van der Waals surface area (Å²) in [5.41, 5.74) is 8.37. The maximum Gasteiger partial charge on any atom is 0.248 e. The average Bonchev–Trinajstić information content (AvgIpc) is 2.68. The molecular weight excluding hydrogens is 331 g/mol. The first-order chi connectivity index (χ1) is 9.97. The molecule has 3 nitrogen and oxygen atoms in total. The van der Waals surface area contributed by atoms with Crippen molar-refractivity contribution in [3.05, 3.63) is 62.6 Å². The van der Waals surface area contributed by atoms with E-state index in [1.54, 1.807) is 35.2 Å². The Morgan fingerprint density at radius 2 is 1.81 bits per heavy atom. The van der Waals surface area contributed by atoms with E-state index in [2.05, 4.69) is 0 Å². The van der Waals surface area contributed by atoms with Gasteiger partial charge in [-0.05, 0) is 35.9 Å².